The maximum atomic E-state index is 12.9. The van der Waals surface area contributed by atoms with Gasteiger partial charge in [0.25, 0.3) is 5.91 Å². The van der Waals surface area contributed by atoms with Crippen LogP contribution in [0, 0.1) is 13.8 Å². The lowest BCUT2D eigenvalue weighted by Crippen LogP contribution is -2.37. The first-order valence-electron chi connectivity index (χ1n) is 7.79. The number of hydrogen-bond donors (Lipinski definition) is 0. The van der Waals surface area contributed by atoms with Gasteiger partial charge in [-0.2, -0.15) is 0 Å². The highest BCUT2D eigenvalue weighted by Crippen LogP contribution is 2.30. The molecule has 4 nitrogen and oxygen atoms in total. The van der Waals surface area contributed by atoms with Crippen LogP contribution in [-0.2, 0) is 6.54 Å². The third-order valence-corrected chi connectivity index (χ3v) is 4.36. The molecule has 0 saturated heterocycles. The molecule has 0 aliphatic carbocycles. The summed E-state index contributed by atoms with van der Waals surface area (Å²) in [4.78, 5) is 14.7. The summed E-state index contributed by atoms with van der Waals surface area (Å²) in [6.45, 7) is 6.77. The van der Waals surface area contributed by atoms with Gasteiger partial charge in [0.15, 0.2) is 0 Å². The van der Waals surface area contributed by atoms with Crippen LogP contribution in [0.3, 0.4) is 0 Å². The van der Waals surface area contributed by atoms with Crippen LogP contribution in [0.25, 0.3) is 0 Å². The van der Waals surface area contributed by atoms with Gasteiger partial charge in [-0.25, -0.2) is 0 Å². The molecule has 0 fully saturated rings. The van der Waals surface area contributed by atoms with Crippen LogP contribution >= 0.6 is 11.6 Å². The first-order chi connectivity index (χ1) is 11.0. The third-order valence-electron chi connectivity index (χ3n) is 4.12. The Kier molecular flexibility index (Phi) is 4.35. The molecule has 2 aromatic rings. The van der Waals surface area contributed by atoms with E-state index in [0.29, 0.717) is 29.4 Å². The number of rotatable bonds is 2. The van der Waals surface area contributed by atoms with Crippen LogP contribution in [-0.4, -0.2) is 23.5 Å². The van der Waals surface area contributed by atoms with E-state index >= 15 is 0 Å². The summed E-state index contributed by atoms with van der Waals surface area (Å²) >= 11 is 6.07. The van der Waals surface area contributed by atoms with Crippen molar-refractivity contribution < 1.29 is 13.9 Å². The maximum absolute atomic E-state index is 12.9. The number of hydrogen-bond acceptors (Lipinski definition) is 3. The molecule has 1 unspecified atom stereocenters. The zero-order chi connectivity index (χ0) is 16.6. The second-order valence-corrected chi connectivity index (χ2v) is 6.35. The second-order valence-electron chi connectivity index (χ2n) is 5.91. The molecular formula is C18H20ClNO3. The summed E-state index contributed by atoms with van der Waals surface area (Å²) in [6, 6.07) is 7.36. The number of furan rings is 1. The number of benzene rings is 1. The lowest BCUT2D eigenvalue weighted by molar-refractivity contribution is 0.0672. The van der Waals surface area contributed by atoms with Crippen LogP contribution in [0.5, 0.6) is 5.75 Å². The van der Waals surface area contributed by atoms with Gasteiger partial charge in [-0.3, -0.25) is 4.79 Å². The Morgan fingerprint density at radius 3 is 2.78 bits per heavy atom. The van der Waals surface area contributed by atoms with Gasteiger partial charge < -0.3 is 14.1 Å². The van der Waals surface area contributed by atoms with E-state index in [2.05, 4.69) is 6.92 Å². The summed E-state index contributed by atoms with van der Waals surface area (Å²) in [6.07, 6.45) is 0.769. The fourth-order valence-corrected chi connectivity index (χ4v) is 3.04. The molecule has 0 saturated carbocycles. The second kappa shape index (κ2) is 6.28. The summed E-state index contributed by atoms with van der Waals surface area (Å²) in [5.74, 6) is 2.14. The highest BCUT2D eigenvalue weighted by atomic mass is 35.5. The zero-order valence-electron chi connectivity index (χ0n) is 13.6. The predicted octanol–water partition coefficient (Wildman–Crippen LogP) is 4.36. The molecule has 0 radical (unpaired) electrons. The van der Waals surface area contributed by atoms with Crippen LogP contribution in [0.1, 0.15) is 40.8 Å². The SMILES string of the molecule is CCC1CN(C(=O)c2cc(C)oc2C)Cc2ccc(Cl)cc2O1. The van der Waals surface area contributed by atoms with Crippen LogP contribution in [0.4, 0.5) is 0 Å². The smallest absolute Gasteiger partial charge is 0.257 e. The molecule has 0 bridgehead atoms. The van der Waals surface area contributed by atoms with E-state index in [1.54, 1.807) is 6.07 Å². The normalized spacial score (nSPS) is 17.4. The Morgan fingerprint density at radius 1 is 1.35 bits per heavy atom. The van der Waals surface area contributed by atoms with Crippen LogP contribution in [0.2, 0.25) is 5.02 Å². The molecular weight excluding hydrogens is 314 g/mol. The van der Waals surface area contributed by atoms with Gasteiger partial charge in [-0.05, 0) is 38.5 Å². The van der Waals surface area contributed by atoms with Crippen molar-refractivity contribution in [3.05, 3.63) is 51.9 Å². The number of carbonyl (C=O) groups is 1. The number of aryl methyl sites for hydroxylation is 2. The first kappa shape index (κ1) is 15.9. The van der Waals surface area contributed by atoms with Crippen molar-refractivity contribution >= 4 is 17.5 Å². The minimum absolute atomic E-state index is 0.0239. The molecule has 1 aromatic heterocycles. The number of ether oxygens (including phenoxy) is 1. The van der Waals surface area contributed by atoms with Gasteiger partial charge in [-0.15, -0.1) is 0 Å². The molecule has 122 valence electrons. The van der Waals surface area contributed by atoms with E-state index in [1.807, 2.05) is 36.9 Å². The summed E-state index contributed by atoms with van der Waals surface area (Å²) in [5.41, 5.74) is 1.59. The molecule has 1 aliphatic rings. The molecule has 1 amide bonds. The van der Waals surface area contributed by atoms with Crippen molar-refractivity contribution in [2.45, 2.75) is 39.8 Å². The largest absolute Gasteiger partial charge is 0.488 e. The summed E-state index contributed by atoms with van der Waals surface area (Å²) in [5, 5.41) is 0.639. The van der Waals surface area contributed by atoms with E-state index in [1.165, 1.54) is 0 Å². The van der Waals surface area contributed by atoms with Crippen molar-refractivity contribution in [1.82, 2.24) is 4.90 Å². The Hall–Kier alpha value is -1.94. The lowest BCUT2D eigenvalue weighted by Gasteiger charge is -2.23. The van der Waals surface area contributed by atoms with E-state index in [-0.39, 0.29) is 12.0 Å². The lowest BCUT2D eigenvalue weighted by atomic mass is 10.1. The molecule has 0 spiro atoms. The van der Waals surface area contributed by atoms with Crippen molar-refractivity contribution in [2.24, 2.45) is 0 Å². The average Bonchev–Trinajstić information content (AvgIpc) is 2.75. The van der Waals surface area contributed by atoms with Crippen molar-refractivity contribution in [2.75, 3.05) is 6.54 Å². The van der Waals surface area contributed by atoms with Crippen molar-refractivity contribution in [1.29, 1.82) is 0 Å². The first-order valence-corrected chi connectivity index (χ1v) is 8.17. The van der Waals surface area contributed by atoms with E-state index < -0.39 is 0 Å². The van der Waals surface area contributed by atoms with Crippen molar-refractivity contribution in [3.63, 3.8) is 0 Å². The molecule has 1 aromatic carbocycles. The molecule has 1 aliphatic heterocycles. The number of halogens is 1. The molecule has 3 rings (SSSR count). The topological polar surface area (TPSA) is 42.7 Å². The standard InChI is InChI=1S/C18H20ClNO3/c1-4-15-10-20(18(21)16-7-11(2)22-12(16)3)9-13-5-6-14(19)8-17(13)23-15/h5-8,15H,4,9-10H2,1-3H3. The van der Waals surface area contributed by atoms with Gasteiger partial charge in [0, 0.05) is 17.1 Å². The quantitative estimate of drug-likeness (QED) is 0.820. The molecule has 23 heavy (non-hydrogen) atoms. The fourth-order valence-electron chi connectivity index (χ4n) is 2.88. The summed E-state index contributed by atoms with van der Waals surface area (Å²) < 4.78 is 11.5. The number of nitrogens with zero attached hydrogens (tertiary/aromatic N) is 1. The van der Waals surface area contributed by atoms with Gasteiger partial charge in [0.1, 0.15) is 23.4 Å². The highest BCUT2D eigenvalue weighted by molar-refractivity contribution is 6.30. The predicted molar refractivity (Wildman–Crippen MR) is 89.1 cm³/mol. The van der Waals surface area contributed by atoms with Gasteiger partial charge in [-0.1, -0.05) is 24.6 Å². The van der Waals surface area contributed by atoms with E-state index in [4.69, 9.17) is 20.8 Å². The Balaban J connectivity index is 1.94. The highest BCUT2D eigenvalue weighted by Gasteiger charge is 2.28. The molecule has 0 N–H and O–H groups in total. The van der Waals surface area contributed by atoms with Gasteiger partial charge in [0.2, 0.25) is 0 Å². The maximum Gasteiger partial charge on any atom is 0.257 e. The minimum Gasteiger partial charge on any atom is -0.488 e. The third kappa shape index (κ3) is 3.22. The van der Waals surface area contributed by atoms with Gasteiger partial charge >= 0.3 is 0 Å². The number of fused-ring (bicyclic) bond motifs is 1. The Labute approximate surface area is 141 Å². The van der Waals surface area contributed by atoms with Crippen LogP contribution < -0.4 is 4.74 Å². The number of amides is 1. The Bertz CT molecular complexity index is 738. The molecule has 2 heterocycles. The average molecular weight is 334 g/mol. The monoisotopic (exact) mass is 333 g/mol. The van der Waals surface area contributed by atoms with Crippen LogP contribution in [0.15, 0.2) is 28.7 Å². The van der Waals surface area contributed by atoms with Gasteiger partial charge in [0.05, 0.1) is 12.1 Å². The summed E-state index contributed by atoms with van der Waals surface area (Å²) in [7, 11) is 0. The fraction of sp³-hybridized carbons (Fsp3) is 0.389. The molecule has 1 atom stereocenters. The minimum atomic E-state index is -0.0491. The van der Waals surface area contributed by atoms with E-state index in [9.17, 15) is 4.79 Å². The zero-order valence-corrected chi connectivity index (χ0v) is 14.3. The van der Waals surface area contributed by atoms with Crippen molar-refractivity contribution in [3.8, 4) is 5.75 Å². The number of carbonyl (C=O) groups excluding carboxylic acids is 1. The Morgan fingerprint density at radius 2 is 2.13 bits per heavy atom. The molecule has 5 heteroatoms. The van der Waals surface area contributed by atoms with E-state index in [0.717, 1.165) is 23.5 Å².